The van der Waals surface area contributed by atoms with Crippen molar-refractivity contribution in [3.8, 4) is 0 Å². The molecule has 2 aliphatic carbocycles. The van der Waals surface area contributed by atoms with Crippen molar-refractivity contribution in [3.63, 3.8) is 0 Å². The highest BCUT2D eigenvalue weighted by molar-refractivity contribution is 5.80. The average Bonchev–Trinajstić information content (AvgIpc) is 2.43. The molecule has 5 nitrogen and oxygen atoms in total. The first kappa shape index (κ1) is 17.3. The molecule has 1 amide bonds. The van der Waals surface area contributed by atoms with Crippen molar-refractivity contribution in [2.45, 2.75) is 65.0 Å². The van der Waals surface area contributed by atoms with Crippen molar-refractivity contribution in [3.05, 3.63) is 0 Å². The topological polar surface area (TPSA) is 81.4 Å². The molecule has 2 aliphatic rings. The third-order valence-corrected chi connectivity index (χ3v) is 5.12. The third kappa shape index (κ3) is 4.22. The van der Waals surface area contributed by atoms with Gasteiger partial charge in [-0.25, -0.2) is 0 Å². The van der Waals surface area contributed by atoms with E-state index in [0.717, 1.165) is 25.7 Å². The third-order valence-electron chi connectivity index (χ3n) is 5.12. The van der Waals surface area contributed by atoms with Crippen LogP contribution in [0.3, 0.4) is 0 Å². The van der Waals surface area contributed by atoms with E-state index in [0.29, 0.717) is 18.4 Å². The zero-order valence-electron chi connectivity index (χ0n) is 14.0. The molecule has 0 spiro atoms. The van der Waals surface area contributed by atoms with Gasteiger partial charge in [0.15, 0.2) is 0 Å². The highest BCUT2D eigenvalue weighted by Crippen LogP contribution is 2.41. The zero-order chi connectivity index (χ0) is 16.3. The van der Waals surface area contributed by atoms with E-state index < -0.39 is 0 Å². The van der Waals surface area contributed by atoms with E-state index in [2.05, 4.69) is 5.32 Å². The molecule has 5 heteroatoms. The van der Waals surface area contributed by atoms with Gasteiger partial charge in [-0.15, -0.1) is 0 Å². The maximum absolute atomic E-state index is 12.4. The lowest BCUT2D eigenvalue weighted by molar-refractivity contribution is -0.151. The number of carbonyl (C=O) groups is 2. The molecule has 2 rings (SSSR count). The Labute approximate surface area is 133 Å². The summed E-state index contributed by atoms with van der Waals surface area (Å²) in [6.45, 7) is 5.79. The van der Waals surface area contributed by atoms with Gasteiger partial charge in [-0.1, -0.05) is 13.3 Å². The van der Waals surface area contributed by atoms with Crippen LogP contribution >= 0.6 is 0 Å². The molecule has 126 valence electrons. The number of rotatable bonds is 5. The Kier molecular flexibility index (Phi) is 5.84. The van der Waals surface area contributed by atoms with Crippen molar-refractivity contribution >= 4 is 11.9 Å². The normalized spacial score (nSPS) is 32.4. The van der Waals surface area contributed by atoms with Gasteiger partial charge >= 0.3 is 5.97 Å². The van der Waals surface area contributed by atoms with Gasteiger partial charge in [-0.05, 0) is 51.4 Å². The molecular weight excluding hydrogens is 280 g/mol. The fourth-order valence-electron chi connectivity index (χ4n) is 3.83. The fraction of sp³-hybridized carbons (Fsp3) is 0.882. The minimum atomic E-state index is -0.309. The molecule has 0 aromatic heterocycles. The van der Waals surface area contributed by atoms with Gasteiger partial charge in [0.1, 0.15) is 0 Å². The van der Waals surface area contributed by atoms with E-state index in [1.54, 1.807) is 6.92 Å². The van der Waals surface area contributed by atoms with Crippen LogP contribution < -0.4 is 11.1 Å². The molecule has 3 N–H and O–H groups in total. The largest absolute Gasteiger partial charge is 0.463 e. The first-order valence-electron chi connectivity index (χ1n) is 8.62. The van der Waals surface area contributed by atoms with Crippen molar-refractivity contribution in [1.82, 2.24) is 5.32 Å². The molecule has 0 radical (unpaired) electrons. The van der Waals surface area contributed by atoms with Gasteiger partial charge < -0.3 is 15.8 Å². The highest BCUT2D eigenvalue weighted by atomic mass is 16.5. The Morgan fingerprint density at radius 2 is 1.77 bits per heavy atom. The van der Waals surface area contributed by atoms with Crippen LogP contribution in [0.2, 0.25) is 0 Å². The molecular formula is C17H30N2O3. The summed E-state index contributed by atoms with van der Waals surface area (Å²) in [5.74, 6) is 0.559. The second-order valence-corrected chi connectivity index (χ2v) is 7.33. The number of esters is 1. The molecule has 0 heterocycles. The van der Waals surface area contributed by atoms with Crippen LogP contribution in [0.5, 0.6) is 0 Å². The second kappa shape index (κ2) is 7.44. The minimum absolute atomic E-state index is 0.0587. The summed E-state index contributed by atoms with van der Waals surface area (Å²) in [5, 5.41) is 2.93. The lowest BCUT2D eigenvalue weighted by Crippen LogP contribution is -2.49. The van der Waals surface area contributed by atoms with Gasteiger partial charge in [0.2, 0.25) is 5.91 Å². The van der Waals surface area contributed by atoms with E-state index in [1.807, 2.05) is 13.8 Å². The Balaban J connectivity index is 1.79. The first-order valence-corrected chi connectivity index (χ1v) is 8.62. The van der Waals surface area contributed by atoms with E-state index in [9.17, 15) is 9.59 Å². The van der Waals surface area contributed by atoms with Gasteiger partial charge in [0.05, 0.1) is 12.0 Å². The predicted octanol–water partition coefficient (Wildman–Crippen LogP) is 1.84. The maximum atomic E-state index is 12.4. The number of fused-ring (bicyclic) bond motifs is 2. The number of hydrogen-bond donors (Lipinski definition) is 2. The van der Waals surface area contributed by atoms with Crippen LogP contribution in [0.25, 0.3) is 0 Å². The molecule has 3 unspecified atom stereocenters. The summed E-state index contributed by atoms with van der Waals surface area (Å²) in [6, 6.07) is 0.276. The summed E-state index contributed by atoms with van der Waals surface area (Å²) in [4.78, 5) is 24.1. The van der Waals surface area contributed by atoms with Gasteiger partial charge in [0, 0.05) is 18.5 Å². The molecule has 0 saturated heterocycles. The number of amides is 1. The summed E-state index contributed by atoms with van der Waals surface area (Å²) in [5.41, 5.74) is 6.26. The Hall–Kier alpha value is -1.10. The number of carbonyl (C=O) groups excluding carboxylic acids is 2. The van der Waals surface area contributed by atoms with E-state index in [1.165, 1.54) is 6.42 Å². The molecule has 0 aliphatic heterocycles. The molecule has 2 bridgehead atoms. The van der Waals surface area contributed by atoms with Crippen LogP contribution in [-0.4, -0.2) is 30.6 Å². The number of hydrogen-bond acceptors (Lipinski definition) is 4. The number of nitrogens with one attached hydrogen (secondary N) is 1. The Morgan fingerprint density at radius 1 is 1.18 bits per heavy atom. The molecule has 2 fully saturated rings. The Morgan fingerprint density at radius 3 is 2.32 bits per heavy atom. The van der Waals surface area contributed by atoms with E-state index in [4.69, 9.17) is 10.5 Å². The monoisotopic (exact) mass is 310 g/mol. The minimum Gasteiger partial charge on any atom is -0.463 e. The lowest BCUT2D eigenvalue weighted by Gasteiger charge is -2.43. The molecule has 3 atom stereocenters. The van der Waals surface area contributed by atoms with Crippen LogP contribution in [0.4, 0.5) is 0 Å². The van der Waals surface area contributed by atoms with Crippen molar-refractivity contribution in [2.75, 3.05) is 6.54 Å². The highest BCUT2D eigenvalue weighted by Gasteiger charge is 2.40. The van der Waals surface area contributed by atoms with Crippen LogP contribution in [0.1, 0.15) is 52.9 Å². The summed E-state index contributed by atoms with van der Waals surface area (Å²) in [7, 11) is 0. The standard InChI is InChI=1S/C17H30N2O3/c1-10(2)22-17(21)11(3)9-19-16(20)14-7-12-5-4-6-13(8-14)15(12)18/h10-15H,4-9,18H2,1-3H3,(H,19,20). The van der Waals surface area contributed by atoms with Crippen molar-refractivity contribution in [1.29, 1.82) is 0 Å². The molecule has 2 saturated carbocycles. The van der Waals surface area contributed by atoms with Crippen LogP contribution in [0, 0.1) is 23.7 Å². The van der Waals surface area contributed by atoms with Gasteiger partial charge in [-0.2, -0.15) is 0 Å². The predicted molar refractivity (Wildman–Crippen MR) is 84.9 cm³/mol. The smallest absolute Gasteiger partial charge is 0.310 e. The van der Waals surface area contributed by atoms with Crippen molar-refractivity contribution < 1.29 is 14.3 Å². The van der Waals surface area contributed by atoms with Crippen molar-refractivity contribution in [2.24, 2.45) is 29.4 Å². The van der Waals surface area contributed by atoms with Crippen LogP contribution in [0.15, 0.2) is 0 Å². The lowest BCUT2D eigenvalue weighted by atomic mass is 9.65. The summed E-state index contributed by atoms with van der Waals surface area (Å²) in [6.07, 6.45) is 5.22. The molecule has 0 aromatic rings. The number of ether oxygens (including phenoxy) is 1. The second-order valence-electron chi connectivity index (χ2n) is 7.33. The van der Waals surface area contributed by atoms with E-state index in [-0.39, 0.29) is 35.9 Å². The summed E-state index contributed by atoms with van der Waals surface area (Å²) < 4.78 is 5.16. The zero-order valence-corrected chi connectivity index (χ0v) is 14.0. The maximum Gasteiger partial charge on any atom is 0.310 e. The van der Waals surface area contributed by atoms with Gasteiger partial charge in [0.25, 0.3) is 0 Å². The van der Waals surface area contributed by atoms with Gasteiger partial charge in [-0.3, -0.25) is 9.59 Å². The SMILES string of the molecule is CC(C)OC(=O)C(C)CNC(=O)C1CC2CCCC(C1)C2N. The molecule has 0 aromatic carbocycles. The summed E-state index contributed by atoms with van der Waals surface area (Å²) >= 11 is 0. The fourth-order valence-corrected chi connectivity index (χ4v) is 3.83. The number of nitrogens with two attached hydrogens (primary N) is 1. The van der Waals surface area contributed by atoms with Crippen LogP contribution in [-0.2, 0) is 14.3 Å². The first-order chi connectivity index (χ1) is 10.4. The van der Waals surface area contributed by atoms with E-state index >= 15 is 0 Å². The quantitative estimate of drug-likeness (QED) is 0.759. The average molecular weight is 310 g/mol. The Bertz CT molecular complexity index is 397. The molecule has 22 heavy (non-hydrogen) atoms.